The van der Waals surface area contributed by atoms with Crippen LogP contribution in [0.3, 0.4) is 0 Å². The van der Waals surface area contributed by atoms with Crippen LogP contribution in [0.4, 0.5) is 10.2 Å². The Morgan fingerprint density at radius 2 is 2.00 bits per heavy atom. The summed E-state index contributed by atoms with van der Waals surface area (Å²) in [6.45, 7) is 5.17. The van der Waals surface area contributed by atoms with Crippen LogP contribution in [-0.2, 0) is 6.54 Å². The molecule has 1 aromatic heterocycles. The van der Waals surface area contributed by atoms with Crippen LogP contribution < -0.4 is 10.2 Å². The van der Waals surface area contributed by atoms with Crippen molar-refractivity contribution in [3.05, 3.63) is 23.6 Å². The molecule has 0 aliphatic carbocycles. The van der Waals surface area contributed by atoms with Crippen LogP contribution in [0.1, 0.15) is 18.9 Å². The molecule has 4 nitrogen and oxygen atoms in total. The Hall–Kier alpha value is -1.20. The van der Waals surface area contributed by atoms with Crippen LogP contribution >= 0.6 is 0 Å². The van der Waals surface area contributed by atoms with Crippen LogP contribution in [0.15, 0.2) is 12.3 Å². The maximum absolute atomic E-state index is 14.3. The molecule has 108 valence electrons. The molecule has 1 rings (SSSR count). The van der Waals surface area contributed by atoms with Crippen molar-refractivity contribution < 1.29 is 4.39 Å². The third-order valence-corrected chi connectivity index (χ3v) is 2.98. The molecule has 0 amide bonds. The highest BCUT2D eigenvalue weighted by Gasteiger charge is 2.12. The topological polar surface area (TPSA) is 31.4 Å². The van der Waals surface area contributed by atoms with Gasteiger partial charge in [-0.15, -0.1) is 0 Å². The Bertz CT molecular complexity index is 382. The largest absolute Gasteiger partial charge is 0.357 e. The number of anilines is 1. The lowest BCUT2D eigenvalue weighted by atomic mass is 10.2. The van der Waals surface area contributed by atoms with Crippen LogP contribution in [-0.4, -0.2) is 50.7 Å². The maximum Gasteiger partial charge on any atom is 0.170 e. The van der Waals surface area contributed by atoms with Gasteiger partial charge in [0.1, 0.15) is 0 Å². The Kier molecular flexibility index (Phi) is 6.73. The van der Waals surface area contributed by atoms with Crippen molar-refractivity contribution in [2.24, 2.45) is 0 Å². The molecule has 0 fully saturated rings. The number of hydrogen-bond donors (Lipinski definition) is 1. The molecule has 0 bridgehead atoms. The Labute approximate surface area is 115 Å². The lowest BCUT2D eigenvalue weighted by Gasteiger charge is -2.20. The van der Waals surface area contributed by atoms with Gasteiger partial charge in [-0.05, 0) is 39.7 Å². The fourth-order valence-corrected chi connectivity index (χ4v) is 1.86. The molecule has 1 aromatic rings. The van der Waals surface area contributed by atoms with Gasteiger partial charge in [0.15, 0.2) is 11.6 Å². The van der Waals surface area contributed by atoms with Crippen molar-refractivity contribution in [2.75, 3.05) is 45.7 Å². The highest BCUT2D eigenvalue weighted by atomic mass is 19.1. The van der Waals surface area contributed by atoms with Crippen LogP contribution in [0.25, 0.3) is 0 Å². The molecule has 19 heavy (non-hydrogen) atoms. The number of halogens is 1. The van der Waals surface area contributed by atoms with E-state index in [1.807, 2.05) is 33.0 Å². The average molecular weight is 268 g/mol. The third kappa shape index (κ3) is 5.12. The maximum atomic E-state index is 14.3. The second-order valence-electron chi connectivity index (χ2n) is 4.97. The minimum Gasteiger partial charge on any atom is -0.357 e. The quantitative estimate of drug-likeness (QED) is 0.778. The van der Waals surface area contributed by atoms with E-state index in [2.05, 4.69) is 15.2 Å². The second kappa shape index (κ2) is 8.07. The van der Waals surface area contributed by atoms with E-state index in [0.717, 1.165) is 26.1 Å². The Morgan fingerprint density at radius 3 is 2.63 bits per heavy atom. The predicted octanol–water partition coefficient (Wildman–Crippen LogP) is 1.72. The molecular weight excluding hydrogens is 243 g/mol. The van der Waals surface area contributed by atoms with Gasteiger partial charge in [-0.1, -0.05) is 6.92 Å². The van der Waals surface area contributed by atoms with Gasteiger partial charge < -0.3 is 15.1 Å². The van der Waals surface area contributed by atoms with E-state index in [1.54, 1.807) is 12.3 Å². The number of rotatable bonds is 8. The highest BCUT2D eigenvalue weighted by molar-refractivity contribution is 5.42. The molecule has 0 radical (unpaired) electrons. The van der Waals surface area contributed by atoms with Crippen molar-refractivity contribution in [1.29, 1.82) is 0 Å². The van der Waals surface area contributed by atoms with E-state index in [0.29, 0.717) is 17.9 Å². The number of pyridine rings is 1. The molecule has 0 aliphatic rings. The summed E-state index contributed by atoms with van der Waals surface area (Å²) in [5.41, 5.74) is 0.673. The van der Waals surface area contributed by atoms with Crippen LogP contribution in [0, 0.1) is 5.82 Å². The summed E-state index contributed by atoms with van der Waals surface area (Å²) < 4.78 is 14.3. The number of aromatic nitrogens is 1. The number of nitrogens with one attached hydrogen (secondary N) is 1. The first-order valence-electron chi connectivity index (χ1n) is 6.76. The van der Waals surface area contributed by atoms with Crippen LogP contribution in [0.2, 0.25) is 0 Å². The summed E-state index contributed by atoms with van der Waals surface area (Å²) in [5.74, 6) is 0.227. The number of nitrogens with zero attached hydrogens (tertiary/aromatic N) is 3. The molecule has 1 N–H and O–H groups in total. The first kappa shape index (κ1) is 15.9. The molecule has 0 aliphatic heterocycles. The Morgan fingerprint density at radius 1 is 1.26 bits per heavy atom. The monoisotopic (exact) mass is 268 g/mol. The average Bonchev–Trinajstić information content (AvgIpc) is 2.37. The normalized spacial score (nSPS) is 11.1. The van der Waals surface area contributed by atoms with Gasteiger partial charge in [0, 0.05) is 31.9 Å². The van der Waals surface area contributed by atoms with Gasteiger partial charge in [0.2, 0.25) is 0 Å². The zero-order valence-corrected chi connectivity index (χ0v) is 12.4. The van der Waals surface area contributed by atoms with E-state index in [1.165, 1.54) is 0 Å². The molecular formula is C14H25FN4. The summed E-state index contributed by atoms with van der Waals surface area (Å²) >= 11 is 0. The van der Waals surface area contributed by atoms with E-state index >= 15 is 0 Å². The van der Waals surface area contributed by atoms with Crippen molar-refractivity contribution in [3.63, 3.8) is 0 Å². The van der Waals surface area contributed by atoms with Crippen molar-refractivity contribution in [2.45, 2.75) is 19.9 Å². The second-order valence-corrected chi connectivity index (χ2v) is 4.97. The standard InChI is InChI=1S/C14H25FN4/c1-5-16-11-12-7-8-17-14(13(12)15)19(4)10-6-9-18(2)3/h7-8,16H,5-6,9-11H2,1-4H3. The lowest BCUT2D eigenvalue weighted by molar-refractivity contribution is 0.401. The summed E-state index contributed by atoms with van der Waals surface area (Å²) in [6.07, 6.45) is 2.66. The Balaban J connectivity index is 2.65. The minimum absolute atomic E-state index is 0.212. The van der Waals surface area contributed by atoms with Gasteiger partial charge in [-0.2, -0.15) is 0 Å². The van der Waals surface area contributed by atoms with Gasteiger partial charge in [-0.3, -0.25) is 0 Å². The van der Waals surface area contributed by atoms with E-state index in [4.69, 9.17) is 0 Å². The third-order valence-electron chi connectivity index (χ3n) is 2.98. The molecule has 1 heterocycles. The molecule has 0 unspecified atom stereocenters. The van der Waals surface area contributed by atoms with Crippen molar-refractivity contribution >= 4 is 5.82 Å². The zero-order valence-electron chi connectivity index (χ0n) is 12.4. The summed E-state index contributed by atoms with van der Waals surface area (Å²) in [5, 5.41) is 3.14. The molecule has 0 saturated heterocycles. The first-order chi connectivity index (χ1) is 9.06. The summed E-state index contributed by atoms with van der Waals surface area (Å²) in [6, 6.07) is 1.73. The van der Waals surface area contributed by atoms with E-state index < -0.39 is 0 Å². The molecule has 0 aromatic carbocycles. The fourth-order valence-electron chi connectivity index (χ4n) is 1.86. The van der Waals surface area contributed by atoms with Gasteiger partial charge >= 0.3 is 0 Å². The molecule has 0 atom stereocenters. The van der Waals surface area contributed by atoms with Crippen LogP contribution in [0.5, 0.6) is 0 Å². The predicted molar refractivity (Wildman–Crippen MR) is 78.0 cm³/mol. The van der Waals surface area contributed by atoms with Gasteiger partial charge in [-0.25, -0.2) is 9.37 Å². The smallest absolute Gasteiger partial charge is 0.170 e. The highest BCUT2D eigenvalue weighted by Crippen LogP contribution is 2.18. The summed E-state index contributed by atoms with van der Waals surface area (Å²) in [4.78, 5) is 8.16. The molecule has 5 heteroatoms. The van der Waals surface area contributed by atoms with Crippen molar-refractivity contribution in [3.8, 4) is 0 Å². The molecule has 0 spiro atoms. The minimum atomic E-state index is -0.212. The fraction of sp³-hybridized carbons (Fsp3) is 0.643. The SMILES string of the molecule is CCNCc1ccnc(N(C)CCCN(C)C)c1F. The number of hydrogen-bond acceptors (Lipinski definition) is 4. The first-order valence-corrected chi connectivity index (χ1v) is 6.76. The van der Waals surface area contributed by atoms with Gasteiger partial charge in [0.05, 0.1) is 0 Å². The van der Waals surface area contributed by atoms with E-state index in [-0.39, 0.29) is 5.82 Å². The van der Waals surface area contributed by atoms with E-state index in [9.17, 15) is 4.39 Å². The lowest BCUT2D eigenvalue weighted by Crippen LogP contribution is -2.25. The molecule has 0 saturated carbocycles. The van der Waals surface area contributed by atoms with Gasteiger partial charge in [0.25, 0.3) is 0 Å². The summed E-state index contributed by atoms with van der Waals surface area (Å²) in [7, 11) is 5.96. The van der Waals surface area contributed by atoms with Crippen molar-refractivity contribution in [1.82, 2.24) is 15.2 Å². The zero-order chi connectivity index (χ0) is 14.3.